The van der Waals surface area contributed by atoms with Gasteiger partial charge in [-0.2, -0.15) is 0 Å². The van der Waals surface area contributed by atoms with Gasteiger partial charge in [0, 0.05) is 0 Å². The lowest BCUT2D eigenvalue weighted by atomic mass is 10.1. The number of ether oxygens (including phenoxy) is 2. The van der Waals surface area contributed by atoms with Gasteiger partial charge in [-0.25, -0.2) is 0 Å². The van der Waals surface area contributed by atoms with Gasteiger partial charge in [0.05, 0.1) is 0 Å². The van der Waals surface area contributed by atoms with E-state index in [0.717, 1.165) is 22.3 Å². The average molecular weight is 356 g/mol. The van der Waals surface area contributed by atoms with E-state index >= 15 is 0 Å². The Hall–Kier alpha value is -3.02. The minimum absolute atomic E-state index is 0.192. The SMILES string of the molecule is Cc1ccc(OCC(=O)NNC(=O)COc2ccc(C)cc2C)c(C)c1. The lowest BCUT2D eigenvalue weighted by Crippen LogP contribution is -2.45. The van der Waals surface area contributed by atoms with Crippen molar-refractivity contribution in [1.29, 1.82) is 0 Å². The molecule has 0 radical (unpaired) electrons. The second-order valence-electron chi connectivity index (χ2n) is 6.21. The first kappa shape index (κ1) is 19.3. The molecule has 2 rings (SSSR count). The molecule has 26 heavy (non-hydrogen) atoms. The molecule has 0 spiro atoms. The molecule has 6 heteroatoms. The van der Waals surface area contributed by atoms with Gasteiger partial charge >= 0.3 is 0 Å². The molecule has 0 aliphatic carbocycles. The number of nitrogens with one attached hydrogen (secondary N) is 2. The molecule has 2 aromatic carbocycles. The van der Waals surface area contributed by atoms with Crippen LogP contribution in [0.5, 0.6) is 11.5 Å². The fraction of sp³-hybridized carbons (Fsp3) is 0.300. The minimum Gasteiger partial charge on any atom is -0.483 e. The largest absolute Gasteiger partial charge is 0.483 e. The number of aryl methyl sites for hydroxylation is 4. The summed E-state index contributed by atoms with van der Waals surface area (Å²) in [5.41, 5.74) is 8.74. The highest BCUT2D eigenvalue weighted by Crippen LogP contribution is 2.19. The summed E-state index contributed by atoms with van der Waals surface area (Å²) in [6, 6.07) is 11.4. The predicted octanol–water partition coefficient (Wildman–Crippen LogP) is 2.53. The summed E-state index contributed by atoms with van der Waals surface area (Å²) < 4.78 is 10.9. The zero-order chi connectivity index (χ0) is 19.1. The standard InChI is InChI=1S/C20H24N2O4/c1-13-5-7-17(15(3)9-13)25-11-19(23)21-22-20(24)12-26-18-8-6-14(2)10-16(18)4/h5-10H,11-12H2,1-4H3,(H,21,23)(H,22,24). The number of hydrazine groups is 1. The molecular formula is C20H24N2O4. The van der Waals surface area contributed by atoms with E-state index in [4.69, 9.17) is 9.47 Å². The molecular weight excluding hydrogens is 332 g/mol. The molecule has 0 aromatic heterocycles. The van der Waals surface area contributed by atoms with Crippen molar-refractivity contribution >= 4 is 11.8 Å². The molecule has 2 amide bonds. The smallest absolute Gasteiger partial charge is 0.276 e. The fourth-order valence-corrected chi connectivity index (χ4v) is 2.42. The fourth-order valence-electron chi connectivity index (χ4n) is 2.42. The number of rotatable bonds is 6. The Balaban J connectivity index is 1.72. The number of carbonyl (C=O) groups is 2. The summed E-state index contributed by atoms with van der Waals surface area (Å²) in [6.07, 6.45) is 0. The predicted molar refractivity (Wildman–Crippen MR) is 99.1 cm³/mol. The van der Waals surface area contributed by atoms with Gasteiger partial charge in [-0.1, -0.05) is 35.4 Å². The van der Waals surface area contributed by atoms with Crippen molar-refractivity contribution in [1.82, 2.24) is 10.9 Å². The summed E-state index contributed by atoms with van der Waals surface area (Å²) in [7, 11) is 0. The van der Waals surface area contributed by atoms with Crippen LogP contribution in [0.3, 0.4) is 0 Å². The molecule has 0 fully saturated rings. The van der Waals surface area contributed by atoms with Crippen LogP contribution in [0, 0.1) is 27.7 Å². The van der Waals surface area contributed by atoms with Crippen LogP contribution in [0.15, 0.2) is 36.4 Å². The maximum atomic E-state index is 11.8. The molecule has 2 aromatic rings. The quantitative estimate of drug-likeness (QED) is 0.780. The van der Waals surface area contributed by atoms with E-state index in [1.165, 1.54) is 0 Å². The second-order valence-corrected chi connectivity index (χ2v) is 6.21. The molecule has 138 valence electrons. The zero-order valence-electron chi connectivity index (χ0n) is 15.5. The third kappa shape index (κ3) is 5.81. The first-order chi connectivity index (χ1) is 12.3. The maximum Gasteiger partial charge on any atom is 0.276 e. The van der Waals surface area contributed by atoms with Crippen molar-refractivity contribution in [2.75, 3.05) is 13.2 Å². The molecule has 0 heterocycles. The molecule has 0 aliphatic rings. The normalized spacial score (nSPS) is 10.2. The second kappa shape index (κ2) is 8.89. The Labute approximate surface area is 153 Å². The van der Waals surface area contributed by atoms with Crippen LogP contribution in [0.1, 0.15) is 22.3 Å². The monoisotopic (exact) mass is 356 g/mol. The molecule has 0 atom stereocenters. The first-order valence-electron chi connectivity index (χ1n) is 8.33. The van der Waals surface area contributed by atoms with Crippen molar-refractivity contribution < 1.29 is 19.1 Å². The van der Waals surface area contributed by atoms with E-state index in [2.05, 4.69) is 10.9 Å². The van der Waals surface area contributed by atoms with Crippen LogP contribution in [-0.2, 0) is 9.59 Å². The van der Waals surface area contributed by atoms with E-state index < -0.39 is 11.8 Å². The van der Waals surface area contributed by atoms with E-state index in [9.17, 15) is 9.59 Å². The number of hydrogen-bond donors (Lipinski definition) is 2. The molecule has 0 saturated carbocycles. The Bertz CT molecular complexity index is 735. The molecule has 0 aliphatic heterocycles. The van der Waals surface area contributed by atoms with Crippen molar-refractivity contribution in [3.8, 4) is 11.5 Å². The molecule has 0 saturated heterocycles. The van der Waals surface area contributed by atoms with Crippen molar-refractivity contribution in [3.05, 3.63) is 58.7 Å². The van der Waals surface area contributed by atoms with E-state index in [-0.39, 0.29) is 13.2 Å². The molecule has 2 N–H and O–H groups in total. The van der Waals surface area contributed by atoms with Crippen LogP contribution in [0.4, 0.5) is 0 Å². The summed E-state index contributed by atoms with van der Waals surface area (Å²) in [6.45, 7) is 7.40. The molecule has 0 bridgehead atoms. The zero-order valence-corrected chi connectivity index (χ0v) is 15.5. The van der Waals surface area contributed by atoms with Crippen molar-refractivity contribution in [2.24, 2.45) is 0 Å². The summed E-state index contributed by atoms with van der Waals surface area (Å²) in [5.74, 6) is 0.361. The minimum atomic E-state index is -0.454. The maximum absolute atomic E-state index is 11.8. The van der Waals surface area contributed by atoms with Crippen molar-refractivity contribution in [3.63, 3.8) is 0 Å². The average Bonchev–Trinajstić information content (AvgIpc) is 2.58. The Morgan fingerprint density at radius 3 is 1.46 bits per heavy atom. The van der Waals surface area contributed by atoms with Gasteiger partial charge in [-0.05, 0) is 51.0 Å². The molecule has 6 nitrogen and oxygen atoms in total. The lowest BCUT2D eigenvalue weighted by Gasteiger charge is -2.12. The van der Waals surface area contributed by atoms with E-state index in [0.29, 0.717) is 11.5 Å². The van der Waals surface area contributed by atoms with Crippen LogP contribution in [0.2, 0.25) is 0 Å². The number of hydrogen-bond acceptors (Lipinski definition) is 4. The molecule has 0 unspecified atom stereocenters. The number of carbonyl (C=O) groups excluding carboxylic acids is 2. The Morgan fingerprint density at radius 2 is 1.12 bits per heavy atom. The van der Waals surface area contributed by atoms with E-state index in [1.807, 2.05) is 64.1 Å². The van der Waals surface area contributed by atoms with Crippen LogP contribution >= 0.6 is 0 Å². The highest BCUT2D eigenvalue weighted by atomic mass is 16.5. The summed E-state index contributed by atoms with van der Waals surface area (Å²) in [4.78, 5) is 23.5. The third-order valence-electron chi connectivity index (χ3n) is 3.72. The van der Waals surface area contributed by atoms with Gasteiger partial charge in [0.15, 0.2) is 13.2 Å². The van der Waals surface area contributed by atoms with E-state index in [1.54, 1.807) is 0 Å². The van der Waals surface area contributed by atoms with Gasteiger partial charge in [-0.3, -0.25) is 20.4 Å². The number of amides is 2. The van der Waals surface area contributed by atoms with Gasteiger partial charge in [0.2, 0.25) is 0 Å². The number of benzene rings is 2. The van der Waals surface area contributed by atoms with Crippen LogP contribution in [-0.4, -0.2) is 25.0 Å². The van der Waals surface area contributed by atoms with Crippen molar-refractivity contribution in [2.45, 2.75) is 27.7 Å². The Kier molecular flexibility index (Phi) is 6.60. The third-order valence-corrected chi connectivity index (χ3v) is 3.72. The lowest BCUT2D eigenvalue weighted by molar-refractivity contribution is -0.131. The van der Waals surface area contributed by atoms with Gasteiger partial charge < -0.3 is 9.47 Å². The van der Waals surface area contributed by atoms with Gasteiger partial charge in [0.25, 0.3) is 11.8 Å². The summed E-state index contributed by atoms with van der Waals surface area (Å²) >= 11 is 0. The van der Waals surface area contributed by atoms with Gasteiger partial charge in [0.1, 0.15) is 11.5 Å². The van der Waals surface area contributed by atoms with Crippen LogP contribution < -0.4 is 20.3 Å². The summed E-state index contributed by atoms with van der Waals surface area (Å²) in [5, 5.41) is 0. The topological polar surface area (TPSA) is 76.7 Å². The highest BCUT2D eigenvalue weighted by Gasteiger charge is 2.08. The first-order valence-corrected chi connectivity index (χ1v) is 8.33. The highest BCUT2D eigenvalue weighted by molar-refractivity contribution is 5.83. The Morgan fingerprint density at radius 1 is 0.731 bits per heavy atom. The van der Waals surface area contributed by atoms with Gasteiger partial charge in [-0.15, -0.1) is 0 Å². The van der Waals surface area contributed by atoms with Crippen LogP contribution in [0.25, 0.3) is 0 Å².